The monoisotopic (exact) mass is 250 g/mol. The summed E-state index contributed by atoms with van der Waals surface area (Å²) in [5.41, 5.74) is 0. The van der Waals surface area contributed by atoms with E-state index in [9.17, 15) is 0 Å². The third kappa shape index (κ3) is 5.00. The Bertz CT molecular complexity index is 296. The molecule has 0 radical (unpaired) electrons. The van der Waals surface area contributed by atoms with Gasteiger partial charge in [-0.2, -0.15) is 0 Å². The van der Waals surface area contributed by atoms with Gasteiger partial charge in [0, 0.05) is 0 Å². The van der Waals surface area contributed by atoms with Crippen LogP contribution in [0.5, 0.6) is 0 Å². The highest BCUT2D eigenvalue weighted by Crippen LogP contribution is 2.18. The maximum absolute atomic E-state index is 5.91. The average Bonchev–Trinajstić information content (AvgIpc) is 2.38. The number of hydrogen-bond donors (Lipinski definition) is 0. The van der Waals surface area contributed by atoms with Crippen LogP contribution in [0.1, 0.15) is 6.42 Å². The fraction of sp³-hybridized carbons (Fsp3) is 0.467. The van der Waals surface area contributed by atoms with Crippen LogP contribution in [-0.4, -0.2) is 38.1 Å². The summed E-state index contributed by atoms with van der Waals surface area (Å²) >= 11 is 0. The highest BCUT2D eigenvalue weighted by Gasteiger charge is 2.27. The van der Waals surface area contributed by atoms with Crippen molar-refractivity contribution in [1.29, 1.82) is 0 Å². The summed E-state index contributed by atoms with van der Waals surface area (Å²) in [4.78, 5) is 0. The maximum atomic E-state index is 5.91. The van der Waals surface area contributed by atoms with Crippen LogP contribution in [0.15, 0.2) is 50.1 Å². The van der Waals surface area contributed by atoms with Crippen molar-refractivity contribution in [3.63, 3.8) is 0 Å². The molecule has 0 saturated carbocycles. The van der Waals surface area contributed by atoms with E-state index in [0.717, 1.165) is 6.42 Å². The molecule has 0 aromatic carbocycles. The van der Waals surface area contributed by atoms with Crippen LogP contribution < -0.4 is 0 Å². The molecule has 0 amide bonds. The van der Waals surface area contributed by atoms with Crippen LogP contribution in [0.25, 0.3) is 0 Å². The minimum Gasteiger partial charge on any atom is -0.375 e. The Morgan fingerprint density at radius 1 is 1.06 bits per heavy atom. The first-order valence-corrected chi connectivity index (χ1v) is 6.17. The topological polar surface area (TPSA) is 27.7 Å². The van der Waals surface area contributed by atoms with E-state index in [2.05, 4.69) is 19.7 Å². The Kier molecular flexibility index (Phi) is 7.34. The molecule has 3 nitrogen and oxygen atoms in total. The lowest BCUT2D eigenvalue weighted by Gasteiger charge is -2.31. The van der Waals surface area contributed by atoms with Crippen LogP contribution >= 0.6 is 0 Å². The molecule has 0 aromatic heterocycles. The first-order valence-electron chi connectivity index (χ1n) is 6.17. The Morgan fingerprint density at radius 2 is 1.83 bits per heavy atom. The van der Waals surface area contributed by atoms with Gasteiger partial charge < -0.3 is 14.2 Å². The zero-order chi connectivity index (χ0) is 13.2. The van der Waals surface area contributed by atoms with E-state index in [1.165, 1.54) is 0 Å². The molecule has 100 valence electrons. The molecule has 1 aliphatic heterocycles. The molecule has 0 spiro atoms. The molecule has 3 atom stereocenters. The molecule has 0 saturated heterocycles. The van der Waals surface area contributed by atoms with Crippen LogP contribution in [0.2, 0.25) is 0 Å². The lowest BCUT2D eigenvalue weighted by Crippen LogP contribution is -2.40. The van der Waals surface area contributed by atoms with Gasteiger partial charge >= 0.3 is 0 Å². The van der Waals surface area contributed by atoms with Crippen LogP contribution in [0, 0.1) is 0 Å². The van der Waals surface area contributed by atoms with Gasteiger partial charge in [0.1, 0.15) is 12.2 Å². The van der Waals surface area contributed by atoms with Crippen molar-refractivity contribution < 1.29 is 14.2 Å². The van der Waals surface area contributed by atoms with Crippen LogP contribution in [0.3, 0.4) is 0 Å². The zero-order valence-electron chi connectivity index (χ0n) is 10.8. The second-order valence-corrected chi connectivity index (χ2v) is 4.04. The first-order chi connectivity index (χ1) is 8.81. The van der Waals surface area contributed by atoms with Crippen molar-refractivity contribution in [2.45, 2.75) is 24.7 Å². The molecule has 0 aromatic rings. The largest absolute Gasteiger partial charge is 0.375 e. The molecule has 0 N–H and O–H groups in total. The van der Waals surface area contributed by atoms with Crippen molar-refractivity contribution in [3.05, 3.63) is 50.1 Å². The van der Waals surface area contributed by atoms with Gasteiger partial charge in [-0.05, 0) is 6.42 Å². The molecule has 1 aliphatic rings. The van der Waals surface area contributed by atoms with Crippen LogP contribution in [-0.2, 0) is 14.2 Å². The number of hydrogen-bond acceptors (Lipinski definition) is 3. The van der Waals surface area contributed by atoms with Gasteiger partial charge in [0.25, 0.3) is 0 Å². The van der Waals surface area contributed by atoms with Gasteiger partial charge in [-0.3, -0.25) is 0 Å². The summed E-state index contributed by atoms with van der Waals surface area (Å²) in [7, 11) is 0. The van der Waals surface area contributed by atoms with Gasteiger partial charge in [0.15, 0.2) is 0 Å². The molecule has 0 aliphatic carbocycles. The Morgan fingerprint density at radius 3 is 2.50 bits per heavy atom. The Hall–Kier alpha value is -1.16. The predicted octanol–water partition coefficient (Wildman–Crippen LogP) is 2.66. The molecule has 3 heteroatoms. The third-order valence-corrected chi connectivity index (χ3v) is 2.55. The summed E-state index contributed by atoms with van der Waals surface area (Å²) in [6.45, 7) is 12.5. The van der Waals surface area contributed by atoms with Crippen molar-refractivity contribution in [2.24, 2.45) is 0 Å². The summed E-state index contributed by atoms with van der Waals surface area (Å²) in [6, 6.07) is 0. The van der Waals surface area contributed by atoms with E-state index in [1.54, 1.807) is 12.2 Å². The van der Waals surface area contributed by atoms with E-state index in [4.69, 9.17) is 14.2 Å². The van der Waals surface area contributed by atoms with Crippen molar-refractivity contribution in [3.8, 4) is 0 Å². The fourth-order valence-electron chi connectivity index (χ4n) is 1.75. The standard InChI is InChI=1S/C15H22O3/c1-4-7-13-8-9-14(17-11-6-3)15(18-13)12-16-10-5-2/h4-6,8-9,13-15H,1-3,7,10-12H2/t13-,14+,15-/m1/s1. The molecular weight excluding hydrogens is 228 g/mol. The van der Waals surface area contributed by atoms with E-state index < -0.39 is 0 Å². The molecule has 0 unspecified atom stereocenters. The minimum atomic E-state index is -0.0974. The summed E-state index contributed by atoms with van der Waals surface area (Å²) < 4.78 is 17.0. The van der Waals surface area contributed by atoms with Gasteiger partial charge in [0.05, 0.1) is 25.9 Å². The smallest absolute Gasteiger partial charge is 0.111 e. The van der Waals surface area contributed by atoms with Crippen LogP contribution in [0.4, 0.5) is 0 Å². The van der Waals surface area contributed by atoms with E-state index in [0.29, 0.717) is 19.8 Å². The second-order valence-electron chi connectivity index (χ2n) is 4.04. The molecule has 18 heavy (non-hydrogen) atoms. The van der Waals surface area contributed by atoms with Gasteiger partial charge in [-0.1, -0.05) is 30.4 Å². The quantitative estimate of drug-likeness (QED) is 0.465. The number of rotatable bonds is 9. The molecule has 0 fully saturated rings. The highest BCUT2D eigenvalue weighted by molar-refractivity contribution is 5.04. The summed E-state index contributed by atoms with van der Waals surface area (Å²) in [5, 5.41) is 0. The van der Waals surface area contributed by atoms with E-state index in [-0.39, 0.29) is 18.3 Å². The normalized spacial score (nSPS) is 26.8. The van der Waals surface area contributed by atoms with Crippen molar-refractivity contribution >= 4 is 0 Å². The summed E-state index contributed by atoms with van der Waals surface area (Å²) in [5.74, 6) is 0. The Labute approximate surface area is 109 Å². The SMILES string of the molecule is C=CCOC[C@H]1O[C@H](CC=C)C=C[C@@H]1OCC=C. The van der Waals surface area contributed by atoms with Gasteiger partial charge in [0.2, 0.25) is 0 Å². The molecule has 1 rings (SSSR count). The Balaban J connectivity index is 2.53. The van der Waals surface area contributed by atoms with Gasteiger partial charge in [-0.15, -0.1) is 19.7 Å². The highest BCUT2D eigenvalue weighted by atomic mass is 16.6. The molecule has 0 bridgehead atoms. The lowest BCUT2D eigenvalue weighted by molar-refractivity contribution is -0.105. The summed E-state index contributed by atoms with van der Waals surface area (Å²) in [6.07, 6.45) is 10.0. The predicted molar refractivity (Wildman–Crippen MR) is 73.6 cm³/mol. The van der Waals surface area contributed by atoms with Crippen molar-refractivity contribution in [1.82, 2.24) is 0 Å². The fourth-order valence-corrected chi connectivity index (χ4v) is 1.75. The first kappa shape index (κ1) is 14.9. The second kappa shape index (κ2) is 8.86. The van der Waals surface area contributed by atoms with Crippen molar-refractivity contribution in [2.75, 3.05) is 19.8 Å². The molecular formula is C15H22O3. The van der Waals surface area contributed by atoms with Gasteiger partial charge in [-0.25, -0.2) is 0 Å². The van der Waals surface area contributed by atoms with E-state index in [1.807, 2.05) is 18.2 Å². The zero-order valence-corrected chi connectivity index (χ0v) is 10.8. The molecule has 1 heterocycles. The maximum Gasteiger partial charge on any atom is 0.111 e. The minimum absolute atomic E-state index is 0.0587. The number of ether oxygens (including phenoxy) is 3. The lowest BCUT2D eigenvalue weighted by atomic mass is 10.1. The third-order valence-electron chi connectivity index (χ3n) is 2.55. The van der Waals surface area contributed by atoms with E-state index >= 15 is 0 Å². The average molecular weight is 250 g/mol.